The van der Waals surface area contributed by atoms with E-state index in [1.54, 1.807) is 0 Å². The predicted molar refractivity (Wildman–Crippen MR) is 169 cm³/mol. The molecule has 0 radical (unpaired) electrons. The van der Waals surface area contributed by atoms with E-state index in [9.17, 15) is 35.9 Å². The molecule has 6 aromatic rings. The molecule has 0 unspecified atom stereocenters. The molecule has 6 rings (SSSR count). The van der Waals surface area contributed by atoms with Crippen molar-refractivity contribution >= 4 is 43.7 Å². The van der Waals surface area contributed by atoms with Crippen molar-refractivity contribution in [3.8, 4) is 23.4 Å². The molecule has 0 aliphatic rings. The molecule has 2 N–H and O–H groups in total. The van der Waals surface area contributed by atoms with Gasteiger partial charge in [0.25, 0.3) is 0 Å². The van der Waals surface area contributed by atoms with E-state index in [0.717, 1.165) is 24.3 Å². The highest BCUT2D eigenvalue weighted by atomic mass is 33.1. The number of imidazole rings is 2. The van der Waals surface area contributed by atoms with Gasteiger partial charge in [0.05, 0.1) is 58.8 Å². The van der Waals surface area contributed by atoms with E-state index in [1.807, 2.05) is 0 Å². The van der Waals surface area contributed by atoms with Crippen molar-refractivity contribution < 1.29 is 35.8 Å². The number of H-pyrrole nitrogens is 2. The van der Waals surface area contributed by atoms with E-state index >= 15 is 0 Å². The number of ether oxygens (including phenoxy) is 2. The van der Waals surface area contributed by atoms with Crippen LogP contribution in [-0.2, 0) is 23.9 Å². The minimum absolute atomic E-state index is 0.00302. The number of benzene rings is 2. The van der Waals surface area contributed by atoms with E-state index in [-0.39, 0.29) is 57.0 Å². The molecule has 10 nitrogen and oxygen atoms in total. The second kappa shape index (κ2) is 12.6. The van der Waals surface area contributed by atoms with E-state index in [2.05, 4.69) is 19.9 Å². The summed E-state index contributed by atoms with van der Waals surface area (Å²) in [6.45, 7) is 0. The normalized spacial score (nSPS) is 12.2. The second-order valence-electron chi connectivity index (χ2n) is 10.2. The van der Waals surface area contributed by atoms with Crippen molar-refractivity contribution in [2.45, 2.75) is 23.9 Å². The van der Waals surface area contributed by atoms with Crippen LogP contribution in [0.4, 0.5) is 26.3 Å². The molecule has 4 aromatic heterocycles. The average molecular weight is 709 g/mol. The number of methoxy groups -OCH3 is 2. The fourth-order valence-corrected chi connectivity index (χ4v) is 7.09. The van der Waals surface area contributed by atoms with Gasteiger partial charge in [0.1, 0.15) is 0 Å². The highest BCUT2D eigenvalue weighted by Crippen LogP contribution is 2.36. The van der Waals surface area contributed by atoms with Gasteiger partial charge in [-0.3, -0.25) is 18.7 Å². The summed E-state index contributed by atoms with van der Waals surface area (Å²) in [7, 11) is 5.15. The number of hydrogen-bond acceptors (Lipinski definition) is 8. The summed E-state index contributed by atoms with van der Waals surface area (Å²) < 4.78 is 93.4. The van der Waals surface area contributed by atoms with Crippen LogP contribution in [0, 0.1) is 0 Å². The Kier molecular flexibility index (Phi) is 8.71. The molecule has 0 aliphatic carbocycles. The highest BCUT2D eigenvalue weighted by Gasteiger charge is 2.32. The number of nitrogens with zero attached hydrogens (tertiary/aromatic N) is 4. The molecular weight excluding hydrogens is 686 g/mol. The topological polar surface area (TPSA) is 120 Å². The number of nitrogens with one attached hydrogen (secondary N) is 2. The van der Waals surface area contributed by atoms with Crippen LogP contribution < -0.4 is 20.3 Å². The van der Waals surface area contributed by atoms with Crippen molar-refractivity contribution in [1.82, 2.24) is 29.1 Å². The standard InChI is InChI=1S/C30H22F6N6O4S2/c1-45-25-21(41(9-7-23(25)43)27-37-17-5-3-15(29(31,32)33)11-19(17)39-27)13-47-48-14-22-26(46-2)24(44)8-10-42(22)28-38-18-6-4-16(30(34,35)36)12-20(18)40-28/h3-12H,13-14H2,1-2H3,(H,37,39)(H,38,40). The molecule has 0 fully saturated rings. The van der Waals surface area contributed by atoms with E-state index in [4.69, 9.17) is 9.47 Å². The summed E-state index contributed by atoms with van der Waals surface area (Å²) in [5, 5.41) is 0. The summed E-state index contributed by atoms with van der Waals surface area (Å²) in [4.78, 5) is 39.9. The molecule has 0 saturated heterocycles. The molecule has 0 amide bonds. The first-order valence-electron chi connectivity index (χ1n) is 13.7. The first-order valence-corrected chi connectivity index (χ1v) is 16.2. The van der Waals surface area contributed by atoms with E-state index < -0.39 is 34.3 Å². The number of aromatic nitrogens is 6. The summed E-state index contributed by atoms with van der Waals surface area (Å²) in [6.07, 6.45) is -6.24. The Hall–Kier alpha value is -4.84. The molecule has 250 valence electrons. The minimum Gasteiger partial charge on any atom is -0.491 e. The van der Waals surface area contributed by atoms with Gasteiger partial charge < -0.3 is 19.4 Å². The smallest absolute Gasteiger partial charge is 0.416 e. The quantitative estimate of drug-likeness (QED) is 0.0949. The molecule has 0 aliphatic heterocycles. The summed E-state index contributed by atoms with van der Waals surface area (Å²) in [5.41, 5.74) is -1.02. The number of halogens is 6. The molecule has 0 spiro atoms. The van der Waals surface area contributed by atoms with E-state index in [0.29, 0.717) is 11.4 Å². The Morgan fingerprint density at radius 1 is 0.667 bits per heavy atom. The van der Waals surface area contributed by atoms with Gasteiger partial charge in [0.2, 0.25) is 22.8 Å². The average Bonchev–Trinajstić information content (AvgIpc) is 3.66. The van der Waals surface area contributed by atoms with Gasteiger partial charge in [-0.2, -0.15) is 26.3 Å². The Bertz CT molecular complexity index is 2120. The van der Waals surface area contributed by atoms with Crippen LogP contribution in [0.15, 0.2) is 70.5 Å². The molecule has 4 heterocycles. The van der Waals surface area contributed by atoms with Crippen molar-refractivity contribution in [2.75, 3.05) is 14.2 Å². The maximum Gasteiger partial charge on any atom is 0.416 e. The molecule has 48 heavy (non-hydrogen) atoms. The van der Waals surface area contributed by atoms with Crippen LogP contribution >= 0.6 is 21.6 Å². The molecule has 0 saturated carbocycles. The summed E-state index contributed by atoms with van der Waals surface area (Å²) >= 11 is 0. The monoisotopic (exact) mass is 708 g/mol. The Labute approximate surface area is 273 Å². The Morgan fingerprint density at radius 3 is 1.42 bits per heavy atom. The van der Waals surface area contributed by atoms with Crippen LogP contribution in [0.5, 0.6) is 11.5 Å². The molecule has 0 bridgehead atoms. The third-order valence-corrected chi connectivity index (χ3v) is 9.39. The third kappa shape index (κ3) is 6.36. The van der Waals surface area contributed by atoms with Crippen molar-refractivity contribution in [3.05, 3.63) is 104 Å². The highest BCUT2D eigenvalue weighted by molar-refractivity contribution is 8.76. The summed E-state index contributed by atoms with van der Waals surface area (Å²) in [6, 6.07) is 8.71. The number of hydrogen-bond donors (Lipinski definition) is 2. The van der Waals surface area contributed by atoms with Gasteiger partial charge in [-0.05, 0) is 36.4 Å². The zero-order chi connectivity index (χ0) is 34.4. The van der Waals surface area contributed by atoms with Crippen LogP contribution in [0.1, 0.15) is 22.5 Å². The van der Waals surface area contributed by atoms with Crippen molar-refractivity contribution in [2.24, 2.45) is 0 Å². The van der Waals surface area contributed by atoms with Crippen LogP contribution in [0.25, 0.3) is 34.0 Å². The zero-order valence-corrected chi connectivity index (χ0v) is 26.3. The second-order valence-corrected chi connectivity index (χ2v) is 12.6. The third-order valence-electron chi connectivity index (χ3n) is 7.24. The lowest BCUT2D eigenvalue weighted by Gasteiger charge is -2.16. The van der Waals surface area contributed by atoms with Gasteiger partial charge >= 0.3 is 12.4 Å². The van der Waals surface area contributed by atoms with Crippen LogP contribution in [0.2, 0.25) is 0 Å². The zero-order valence-electron chi connectivity index (χ0n) is 24.7. The molecular formula is C30H22F6N6O4S2. The fourth-order valence-electron chi connectivity index (χ4n) is 4.99. The lowest BCUT2D eigenvalue weighted by molar-refractivity contribution is -0.138. The maximum absolute atomic E-state index is 13.3. The molecule has 0 atom stereocenters. The lowest BCUT2D eigenvalue weighted by atomic mass is 10.2. The fraction of sp³-hybridized carbons (Fsp3) is 0.200. The largest absolute Gasteiger partial charge is 0.491 e. The molecule has 18 heteroatoms. The van der Waals surface area contributed by atoms with E-state index in [1.165, 1.54) is 81.6 Å². The van der Waals surface area contributed by atoms with Crippen molar-refractivity contribution in [3.63, 3.8) is 0 Å². The number of fused-ring (bicyclic) bond motifs is 2. The first-order chi connectivity index (χ1) is 22.8. The number of alkyl halides is 6. The van der Waals surface area contributed by atoms with Crippen molar-refractivity contribution in [1.29, 1.82) is 0 Å². The SMILES string of the molecule is COc1c(CSSCc2c(OC)c(=O)ccn2-c2nc3ccc(C(F)(F)F)cc3[nH]2)n(-c2nc3ccc(C(F)(F)F)cc3[nH]2)ccc1=O. The van der Waals surface area contributed by atoms with Gasteiger partial charge in [0.15, 0.2) is 11.5 Å². The number of pyridine rings is 2. The van der Waals surface area contributed by atoms with Gasteiger partial charge in [-0.1, -0.05) is 21.6 Å². The predicted octanol–water partition coefficient (Wildman–Crippen LogP) is 6.88. The lowest BCUT2D eigenvalue weighted by Crippen LogP contribution is -2.15. The number of rotatable bonds is 9. The maximum atomic E-state index is 13.3. The van der Waals surface area contributed by atoms with Gasteiger partial charge in [-0.15, -0.1) is 0 Å². The Balaban J connectivity index is 1.29. The first kappa shape index (κ1) is 33.1. The Morgan fingerprint density at radius 2 is 1.06 bits per heavy atom. The van der Waals surface area contributed by atoms with Gasteiger partial charge in [-0.25, -0.2) is 9.97 Å². The molecule has 2 aromatic carbocycles. The minimum atomic E-state index is -4.55. The van der Waals surface area contributed by atoms with Crippen LogP contribution in [0.3, 0.4) is 0 Å². The van der Waals surface area contributed by atoms with Crippen LogP contribution in [-0.4, -0.2) is 43.3 Å². The summed E-state index contributed by atoms with van der Waals surface area (Å²) in [5.74, 6) is 0.576. The number of aromatic amines is 2. The van der Waals surface area contributed by atoms with Gasteiger partial charge in [0, 0.05) is 36.0 Å².